The van der Waals surface area contributed by atoms with E-state index >= 15 is 0 Å². The van der Waals surface area contributed by atoms with Crippen molar-refractivity contribution in [3.63, 3.8) is 0 Å². The molecule has 5 rings (SSSR count). The van der Waals surface area contributed by atoms with Crippen LogP contribution in [0.5, 0.6) is 0 Å². The summed E-state index contributed by atoms with van der Waals surface area (Å²) in [6, 6.07) is 6.12. The lowest BCUT2D eigenvalue weighted by Gasteiger charge is -2.58. The van der Waals surface area contributed by atoms with Gasteiger partial charge < -0.3 is 15.2 Å². The Kier molecular flexibility index (Phi) is 3.96. The number of hydrogen-bond acceptors (Lipinski definition) is 3. The van der Waals surface area contributed by atoms with Gasteiger partial charge in [0.15, 0.2) is 0 Å². The molecule has 1 aromatic rings. The average Bonchev–Trinajstić information content (AvgIpc) is 2.49. The van der Waals surface area contributed by atoms with Gasteiger partial charge >= 0.3 is 0 Å². The lowest BCUT2D eigenvalue weighted by molar-refractivity contribution is -0.136. The maximum atomic E-state index is 12.9. The molecule has 24 heavy (non-hydrogen) atoms. The van der Waals surface area contributed by atoms with Crippen LogP contribution in [0.2, 0.25) is 0 Å². The molecule has 0 aromatic heterocycles. The van der Waals surface area contributed by atoms with Gasteiger partial charge in [-0.1, -0.05) is 17.6 Å². The second kappa shape index (κ2) is 5.89. The molecule has 2 atom stereocenters. The summed E-state index contributed by atoms with van der Waals surface area (Å²) >= 11 is 0. The number of aliphatic hydroxyl groups is 1. The van der Waals surface area contributed by atoms with E-state index in [1.54, 1.807) is 7.11 Å². The molecule has 0 heterocycles. The molecule has 4 aliphatic rings. The monoisotopic (exact) mass is 327 g/mol. The first-order valence-electron chi connectivity index (χ1n) is 9.09. The molecule has 4 saturated carbocycles. The minimum absolute atomic E-state index is 0.00603. The van der Waals surface area contributed by atoms with Crippen molar-refractivity contribution in [2.24, 2.45) is 17.8 Å². The van der Waals surface area contributed by atoms with E-state index in [0.29, 0.717) is 24.4 Å². The van der Waals surface area contributed by atoms with Crippen LogP contribution >= 0.6 is 0 Å². The maximum Gasteiger partial charge on any atom is 0.251 e. The molecule has 0 radical (unpaired) electrons. The van der Waals surface area contributed by atoms with Gasteiger partial charge in [-0.25, -0.2) is 0 Å². The molecule has 4 aliphatic carbocycles. The third-order valence-corrected chi connectivity index (χ3v) is 6.34. The number of carbonyl (C=O) groups excluding carboxylic acids is 1. The highest BCUT2D eigenvalue weighted by Crippen LogP contribution is 2.55. The number of ether oxygens (including phenoxy) is 1. The van der Waals surface area contributed by atoms with Crippen molar-refractivity contribution in [2.75, 3.05) is 7.11 Å². The molecule has 2 unspecified atom stereocenters. The lowest BCUT2D eigenvalue weighted by atomic mass is 9.52. The van der Waals surface area contributed by atoms with Gasteiger partial charge in [0.25, 0.3) is 5.91 Å². The molecule has 2 N–H and O–H groups in total. The Morgan fingerprint density at radius 2 is 2.04 bits per heavy atom. The Labute approximate surface area is 144 Å². The zero-order chi connectivity index (χ0) is 16.9. The van der Waals surface area contributed by atoms with Crippen molar-refractivity contribution in [3.8, 4) is 0 Å². The molecule has 128 valence electrons. The summed E-state index contributed by atoms with van der Waals surface area (Å²) < 4.78 is 5.26. The number of methoxy groups -OCH3 is 1. The average molecular weight is 327 g/mol. The van der Waals surface area contributed by atoms with Crippen LogP contribution in [0.3, 0.4) is 0 Å². The van der Waals surface area contributed by atoms with Gasteiger partial charge in [0.05, 0.1) is 12.2 Å². The van der Waals surface area contributed by atoms with Crippen molar-refractivity contribution >= 4 is 19.2 Å². The van der Waals surface area contributed by atoms with Gasteiger partial charge in [0, 0.05) is 18.7 Å². The first-order valence-corrected chi connectivity index (χ1v) is 9.09. The molecule has 4 bridgehead atoms. The molecule has 1 amide bonds. The summed E-state index contributed by atoms with van der Waals surface area (Å²) in [7, 11) is 3.68. The Morgan fingerprint density at radius 1 is 1.33 bits per heavy atom. The predicted molar refractivity (Wildman–Crippen MR) is 95.1 cm³/mol. The fourth-order valence-electron chi connectivity index (χ4n) is 5.67. The van der Waals surface area contributed by atoms with Crippen LogP contribution in [-0.4, -0.2) is 37.6 Å². The molecular weight excluding hydrogens is 301 g/mol. The number of nitrogens with one attached hydrogen (secondary N) is 1. The number of carbonyl (C=O) groups is 1. The predicted octanol–water partition coefficient (Wildman–Crippen LogP) is 0.761. The largest absolute Gasteiger partial charge is 0.390 e. The van der Waals surface area contributed by atoms with Crippen LogP contribution in [0.15, 0.2) is 18.2 Å². The molecule has 5 heteroatoms. The second-order valence-electron chi connectivity index (χ2n) is 8.29. The van der Waals surface area contributed by atoms with Gasteiger partial charge in [-0.3, -0.25) is 4.79 Å². The zero-order valence-corrected chi connectivity index (χ0v) is 14.5. The quantitative estimate of drug-likeness (QED) is 0.803. The smallest absolute Gasteiger partial charge is 0.251 e. The van der Waals surface area contributed by atoms with Crippen molar-refractivity contribution in [2.45, 2.75) is 50.4 Å². The summed E-state index contributed by atoms with van der Waals surface area (Å²) in [5, 5.41) is 14.0. The van der Waals surface area contributed by atoms with Crippen molar-refractivity contribution in [3.05, 3.63) is 29.3 Å². The van der Waals surface area contributed by atoms with Crippen LogP contribution in [0.1, 0.15) is 48.0 Å². The highest BCUT2D eigenvalue weighted by atomic mass is 16.5. The van der Waals surface area contributed by atoms with E-state index in [9.17, 15) is 9.90 Å². The Bertz CT molecular complexity index is 646. The summed E-state index contributed by atoms with van der Waals surface area (Å²) in [4.78, 5) is 12.9. The molecule has 0 saturated heterocycles. The summed E-state index contributed by atoms with van der Waals surface area (Å²) in [6.45, 7) is 0.448. The fraction of sp³-hybridized carbons (Fsp3) is 0.632. The van der Waals surface area contributed by atoms with Crippen LogP contribution in [0.4, 0.5) is 0 Å². The van der Waals surface area contributed by atoms with Gasteiger partial charge in [-0.2, -0.15) is 0 Å². The van der Waals surface area contributed by atoms with Gasteiger partial charge in [0.1, 0.15) is 7.85 Å². The second-order valence-corrected chi connectivity index (χ2v) is 8.29. The van der Waals surface area contributed by atoms with E-state index in [1.807, 2.05) is 26.0 Å². The topological polar surface area (TPSA) is 58.6 Å². The highest BCUT2D eigenvalue weighted by Gasteiger charge is 2.55. The third kappa shape index (κ3) is 2.78. The van der Waals surface area contributed by atoms with Gasteiger partial charge in [-0.05, 0) is 61.5 Å². The zero-order valence-electron chi connectivity index (χ0n) is 14.5. The van der Waals surface area contributed by atoms with E-state index < -0.39 is 5.60 Å². The molecule has 1 aromatic carbocycles. The summed E-state index contributed by atoms with van der Waals surface area (Å²) in [6.07, 6.45) is 4.98. The first-order chi connectivity index (χ1) is 11.5. The Balaban J connectivity index is 1.53. The van der Waals surface area contributed by atoms with Gasteiger partial charge in [0.2, 0.25) is 0 Å². The number of hydrogen-bond donors (Lipinski definition) is 2. The lowest BCUT2D eigenvalue weighted by Crippen LogP contribution is -2.61. The van der Waals surface area contributed by atoms with Gasteiger partial charge in [-0.15, -0.1) is 0 Å². The number of benzene rings is 1. The third-order valence-electron chi connectivity index (χ3n) is 6.34. The highest BCUT2D eigenvalue weighted by molar-refractivity contribution is 6.32. The Hall–Kier alpha value is -1.33. The maximum absolute atomic E-state index is 12.9. The molecule has 0 spiro atoms. The standard InChI is InChI=1S/C19H26BNO3/c1-24-10-14-6-15(20)2-3-16(14)18(22)21-17-12-4-11-5-13(17)9-19(23,7-11)8-12/h2-3,6,11-13,17,23H,4-5,7-10,20H2,1H3,(H,21,22)/t11?,12?,13?,17-,19-. The minimum atomic E-state index is -0.456. The summed E-state index contributed by atoms with van der Waals surface area (Å²) in [5.74, 6) is 1.53. The Morgan fingerprint density at radius 3 is 2.67 bits per heavy atom. The van der Waals surface area contributed by atoms with Crippen molar-refractivity contribution in [1.29, 1.82) is 0 Å². The van der Waals surface area contributed by atoms with E-state index in [2.05, 4.69) is 5.32 Å². The van der Waals surface area contributed by atoms with Crippen molar-refractivity contribution < 1.29 is 14.6 Å². The normalized spacial score (nSPS) is 36.8. The van der Waals surface area contributed by atoms with E-state index in [4.69, 9.17) is 4.74 Å². The number of rotatable bonds is 4. The molecular formula is C19H26BNO3. The summed E-state index contributed by atoms with van der Waals surface area (Å²) in [5.41, 5.74) is 2.34. The molecule has 4 nitrogen and oxygen atoms in total. The van der Waals surface area contributed by atoms with E-state index in [-0.39, 0.29) is 11.9 Å². The SMILES string of the molecule is Bc1ccc(C(=O)N[C@H]2C3CC4CC2C[C@](O)(C4)C3)c(COC)c1. The van der Waals surface area contributed by atoms with Crippen LogP contribution in [-0.2, 0) is 11.3 Å². The number of amides is 1. The first kappa shape index (κ1) is 16.2. The van der Waals surface area contributed by atoms with Crippen LogP contribution in [0, 0.1) is 17.8 Å². The fourth-order valence-corrected chi connectivity index (χ4v) is 5.67. The molecule has 0 aliphatic heterocycles. The minimum Gasteiger partial charge on any atom is -0.390 e. The van der Waals surface area contributed by atoms with Crippen LogP contribution < -0.4 is 10.8 Å². The molecule has 4 fully saturated rings. The van der Waals surface area contributed by atoms with Crippen LogP contribution in [0.25, 0.3) is 0 Å². The van der Waals surface area contributed by atoms with E-state index in [0.717, 1.165) is 48.7 Å². The van der Waals surface area contributed by atoms with E-state index in [1.165, 1.54) is 0 Å². The van der Waals surface area contributed by atoms with Crippen molar-refractivity contribution in [1.82, 2.24) is 5.32 Å².